The van der Waals surface area contributed by atoms with Crippen LogP contribution in [0.4, 0.5) is 0 Å². The van der Waals surface area contributed by atoms with E-state index < -0.39 is 5.97 Å². The van der Waals surface area contributed by atoms with Gasteiger partial charge in [-0.15, -0.1) is 0 Å². The molecule has 6 heteroatoms. The highest BCUT2D eigenvalue weighted by atomic mass is 35.5. The first-order valence-corrected chi connectivity index (χ1v) is 9.33. The van der Waals surface area contributed by atoms with E-state index in [0.29, 0.717) is 24.7 Å². The normalized spacial score (nSPS) is 11.2. The second kappa shape index (κ2) is 7.92. The van der Waals surface area contributed by atoms with Crippen molar-refractivity contribution in [2.75, 3.05) is 0 Å². The van der Waals surface area contributed by atoms with Crippen molar-refractivity contribution in [2.24, 2.45) is 0 Å². The van der Waals surface area contributed by atoms with Crippen LogP contribution in [-0.2, 0) is 19.6 Å². The topological polar surface area (TPSA) is 67.4 Å². The van der Waals surface area contributed by atoms with Crippen LogP contribution in [0.3, 0.4) is 0 Å². The van der Waals surface area contributed by atoms with Gasteiger partial charge in [-0.3, -0.25) is 0 Å². The van der Waals surface area contributed by atoms with Crippen molar-refractivity contribution in [3.8, 4) is 0 Å². The molecule has 0 radical (unpaired) electrons. The molecule has 4 rings (SSSR count). The number of rotatable bonds is 7. The van der Waals surface area contributed by atoms with Crippen LogP contribution in [0.15, 0.2) is 71.3 Å². The molecule has 28 heavy (non-hydrogen) atoms. The third-order valence-corrected chi connectivity index (χ3v) is 5.11. The van der Waals surface area contributed by atoms with Crippen molar-refractivity contribution in [1.29, 1.82) is 0 Å². The third-order valence-electron chi connectivity index (χ3n) is 4.75. The lowest BCUT2D eigenvalue weighted by atomic mass is 10.1. The fourth-order valence-electron chi connectivity index (χ4n) is 3.48. The van der Waals surface area contributed by atoms with E-state index in [9.17, 15) is 9.90 Å². The van der Waals surface area contributed by atoms with Gasteiger partial charge in [0.1, 0.15) is 11.5 Å². The zero-order valence-electron chi connectivity index (χ0n) is 15.1. The van der Waals surface area contributed by atoms with E-state index in [2.05, 4.69) is 5.32 Å². The van der Waals surface area contributed by atoms with Crippen molar-refractivity contribution in [2.45, 2.75) is 19.6 Å². The number of nitrogens with zero attached hydrogens (tertiary/aromatic N) is 1. The lowest BCUT2D eigenvalue weighted by molar-refractivity contribution is 0.0685. The molecule has 2 aromatic carbocycles. The van der Waals surface area contributed by atoms with E-state index in [4.69, 9.17) is 16.0 Å². The van der Waals surface area contributed by atoms with Gasteiger partial charge in [0.15, 0.2) is 0 Å². The Kier molecular flexibility index (Phi) is 5.19. The van der Waals surface area contributed by atoms with Gasteiger partial charge in [0.2, 0.25) is 0 Å². The second-order valence-electron chi connectivity index (χ2n) is 6.51. The molecule has 5 nitrogen and oxygen atoms in total. The molecular weight excluding hydrogens is 376 g/mol. The molecule has 2 N–H and O–H groups in total. The average Bonchev–Trinajstić information content (AvgIpc) is 3.31. The predicted molar refractivity (Wildman–Crippen MR) is 109 cm³/mol. The van der Waals surface area contributed by atoms with E-state index in [1.807, 2.05) is 65.2 Å². The number of hydrogen-bond donors (Lipinski definition) is 2. The lowest BCUT2D eigenvalue weighted by Gasteiger charge is -2.11. The minimum atomic E-state index is -0.960. The van der Waals surface area contributed by atoms with Gasteiger partial charge in [0.25, 0.3) is 0 Å². The minimum absolute atomic E-state index is 0.271. The number of fused-ring (bicyclic) bond motifs is 1. The van der Waals surface area contributed by atoms with Gasteiger partial charge in [-0.25, -0.2) is 4.79 Å². The number of carboxylic acids is 1. The van der Waals surface area contributed by atoms with Gasteiger partial charge in [-0.1, -0.05) is 48.0 Å². The summed E-state index contributed by atoms with van der Waals surface area (Å²) in [6, 6.07) is 18.9. The summed E-state index contributed by atoms with van der Waals surface area (Å²) >= 11 is 6.32. The maximum Gasteiger partial charge on any atom is 0.352 e. The Morgan fingerprint density at radius 3 is 2.57 bits per heavy atom. The van der Waals surface area contributed by atoms with E-state index in [-0.39, 0.29) is 5.69 Å². The van der Waals surface area contributed by atoms with E-state index in [1.54, 1.807) is 6.26 Å². The number of halogens is 1. The van der Waals surface area contributed by atoms with Gasteiger partial charge in [0, 0.05) is 34.6 Å². The number of nitrogens with one attached hydrogen (secondary N) is 1. The molecule has 0 aliphatic heterocycles. The van der Waals surface area contributed by atoms with Gasteiger partial charge >= 0.3 is 5.97 Å². The Labute approximate surface area is 167 Å². The zero-order chi connectivity index (χ0) is 19.5. The van der Waals surface area contributed by atoms with E-state index >= 15 is 0 Å². The van der Waals surface area contributed by atoms with Crippen molar-refractivity contribution in [1.82, 2.24) is 9.88 Å². The standard InChI is InChI=1S/C22H19ClN2O3/c23-19-9-3-1-6-15(19)14-25-20-10-4-2-8-17(20)18(21(25)22(26)27)13-24-12-16-7-5-11-28-16/h1-11,24H,12-14H2,(H,26,27). The van der Waals surface area contributed by atoms with Crippen LogP contribution in [0.5, 0.6) is 0 Å². The predicted octanol–water partition coefficient (Wildman–Crippen LogP) is 4.92. The number of aromatic nitrogens is 1. The molecule has 2 heterocycles. The summed E-state index contributed by atoms with van der Waals surface area (Å²) in [5.41, 5.74) is 2.77. The highest BCUT2D eigenvalue weighted by molar-refractivity contribution is 6.31. The Bertz CT molecular complexity index is 1120. The molecule has 0 unspecified atom stereocenters. The monoisotopic (exact) mass is 394 g/mol. The quantitative estimate of drug-likeness (QED) is 0.466. The van der Waals surface area contributed by atoms with Crippen LogP contribution in [0.1, 0.15) is 27.4 Å². The largest absolute Gasteiger partial charge is 0.477 e. The number of hydrogen-bond acceptors (Lipinski definition) is 3. The average molecular weight is 395 g/mol. The molecule has 0 aliphatic carbocycles. The van der Waals surface area contributed by atoms with E-state index in [1.165, 1.54) is 0 Å². The van der Waals surface area contributed by atoms with Crippen LogP contribution in [0, 0.1) is 0 Å². The molecule has 0 saturated carbocycles. The van der Waals surface area contributed by atoms with Crippen LogP contribution in [-0.4, -0.2) is 15.6 Å². The maximum atomic E-state index is 12.2. The molecule has 0 aliphatic rings. The van der Waals surface area contributed by atoms with Gasteiger partial charge < -0.3 is 19.4 Å². The molecule has 0 bridgehead atoms. The van der Waals surface area contributed by atoms with Crippen LogP contribution in [0.25, 0.3) is 10.9 Å². The first-order chi connectivity index (χ1) is 13.6. The summed E-state index contributed by atoms with van der Waals surface area (Å²) in [6.07, 6.45) is 1.62. The molecule has 0 atom stereocenters. The number of carbonyl (C=O) groups is 1. The van der Waals surface area contributed by atoms with Crippen molar-refractivity contribution >= 4 is 28.5 Å². The second-order valence-corrected chi connectivity index (χ2v) is 6.92. The Morgan fingerprint density at radius 2 is 1.82 bits per heavy atom. The number of carboxylic acid groups (broad SMARTS) is 1. The van der Waals surface area contributed by atoms with Crippen LogP contribution in [0.2, 0.25) is 5.02 Å². The van der Waals surface area contributed by atoms with Gasteiger partial charge in [-0.05, 0) is 29.8 Å². The molecule has 2 aromatic heterocycles. The lowest BCUT2D eigenvalue weighted by Crippen LogP contribution is -2.17. The highest BCUT2D eigenvalue weighted by Gasteiger charge is 2.22. The summed E-state index contributed by atoms with van der Waals surface area (Å²) < 4.78 is 7.16. The molecular formula is C22H19ClN2O3. The third kappa shape index (κ3) is 3.54. The summed E-state index contributed by atoms with van der Waals surface area (Å²) in [4.78, 5) is 12.2. The fourth-order valence-corrected chi connectivity index (χ4v) is 3.68. The summed E-state index contributed by atoms with van der Waals surface area (Å²) in [7, 11) is 0. The molecule has 0 fully saturated rings. The zero-order valence-corrected chi connectivity index (χ0v) is 15.8. The van der Waals surface area contributed by atoms with Gasteiger partial charge in [-0.2, -0.15) is 0 Å². The number of aromatic carboxylic acids is 1. The summed E-state index contributed by atoms with van der Waals surface area (Å²) in [5, 5.41) is 14.8. The summed E-state index contributed by atoms with van der Waals surface area (Å²) in [5.74, 6) is -0.158. The van der Waals surface area contributed by atoms with E-state index in [0.717, 1.165) is 27.8 Å². The molecule has 0 saturated heterocycles. The number of furan rings is 1. The van der Waals surface area contributed by atoms with Gasteiger partial charge in [0.05, 0.1) is 12.8 Å². The van der Waals surface area contributed by atoms with Crippen molar-refractivity contribution in [3.05, 3.63) is 94.5 Å². The Morgan fingerprint density at radius 1 is 1.04 bits per heavy atom. The Hall–Kier alpha value is -3.02. The SMILES string of the molecule is O=C(O)c1c(CNCc2ccco2)c2ccccc2n1Cc1ccccc1Cl. The highest BCUT2D eigenvalue weighted by Crippen LogP contribution is 2.29. The Balaban J connectivity index is 1.75. The number of para-hydroxylation sites is 1. The van der Waals surface area contributed by atoms with Crippen molar-refractivity contribution in [3.63, 3.8) is 0 Å². The van der Waals surface area contributed by atoms with Crippen LogP contribution < -0.4 is 5.32 Å². The fraction of sp³-hybridized carbons (Fsp3) is 0.136. The summed E-state index contributed by atoms with van der Waals surface area (Å²) in [6.45, 7) is 1.33. The molecule has 4 aromatic rings. The minimum Gasteiger partial charge on any atom is -0.477 e. The first-order valence-electron chi connectivity index (χ1n) is 8.95. The molecule has 142 valence electrons. The first kappa shape index (κ1) is 18.3. The smallest absolute Gasteiger partial charge is 0.352 e. The number of benzene rings is 2. The maximum absolute atomic E-state index is 12.2. The van der Waals surface area contributed by atoms with Crippen LogP contribution >= 0.6 is 11.6 Å². The molecule has 0 spiro atoms. The molecule has 0 amide bonds. The van der Waals surface area contributed by atoms with Crippen molar-refractivity contribution < 1.29 is 14.3 Å².